The van der Waals surface area contributed by atoms with E-state index in [-0.39, 0.29) is 24.1 Å². The molecule has 0 fully saturated rings. The van der Waals surface area contributed by atoms with E-state index in [0.717, 1.165) is 5.56 Å². The number of likely N-dealkylation sites (N-methyl/N-ethyl adjacent to an activating group) is 1. The number of rotatable bonds is 8. The van der Waals surface area contributed by atoms with Crippen molar-refractivity contribution >= 4 is 58.4 Å². The van der Waals surface area contributed by atoms with Crippen molar-refractivity contribution in [1.29, 1.82) is 0 Å². The zero-order valence-corrected chi connectivity index (χ0v) is 18.6. The first-order valence-electron chi connectivity index (χ1n) is 8.59. The Kier molecular flexibility index (Phi) is 8.96. The summed E-state index contributed by atoms with van der Waals surface area (Å²) in [5.41, 5.74) is 1.65. The fraction of sp³-hybridized carbons (Fsp3) is 0.300. The van der Waals surface area contributed by atoms with Gasteiger partial charge in [0.1, 0.15) is 6.04 Å². The van der Waals surface area contributed by atoms with Crippen molar-refractivity contribution in [3.05, 3.63) is 68.7 Å². The second-order valence-corrected chi connectivity index (χ2v) is 8.37. The van der Waals surface area contributed by atoms with E-state index in [0.29, 0.717) is 26.4 Å². The van der Waals surface area contributed by atoms with Crippen LogP contribution in [0.4, 0.5) is 0 Å². The molecule has 0 bridgehead atoms. The maximum absolute atomic E-state index is 12.9. The van der Waals surface area contributed by atoms with Crippen molar-refractivity contribution in [2.24, 2.45) is 0 Å². The number of nitrogens with zero attached hydrogens (tertiary/aromatic N) is 1. The lowest BCUT2D eigenvalue weighted by Crippen LogP contribution is -2.47. The Labute approximate surface area is 184 Å². The van der Waals surface area contributed by atoms with E-state index in [1.165, 1.54) is 23.7 Å². The molecule has 0 aromatic heterocycles. The van der Waals surface area contributed by atoms with Crippen LogP contribution in [0, 0.1) is 0 Å². The van der Waals surface area contributed by atoms with Crippen LogP contribution in [0.2, 0.25) is 15.1 Å². The molecule has 0 radical (unpaired) electrons. The normalized spacial score (nSPS) is 11.8. The van der Waals surface area contributed by atoms with Gasteiger partial charge in [-0.3, -0.25) is 9.59 Å². The molecule has 0 aliphatic heterocycles. The minimum Gasteiger partial charge on any atom is -0.357 e. The van der Waals surface area contributed by atoms with Crippen molar-refractivity contribution in [2.75, 3.05) is 12.8 Å². The Balaban J connectivity index is 2.11. The molecule has 0 saturated heterocycles. The van der Waals surface area contributed by atoms with Crippen molar-refractivity contribution < 1.29 is 9.59 Å². The van der Waals surface area contributed by atoms with Crippen LogP contribution in [0.3, 0.4) is 0 Å². The Morgan fingerprint density at radius 1 is 1.11 bits per heavy atom. The first-order chi connectivity index (χ1) is 13.3. The van der Waals surface area contributed by atoms with Gasteiger partial charge in [0, 0.05) is 40.0 Å². The lowest BCUT2D eigenvalue weighted by Gasteiger charge is -2.29. The molecule has 0 spiro atoms. The van der Waals surface area contributed by atoms with E-state index < -0.39 is 6.04 Å². The number of thioether (sulfide) groups is 1. The summed E-state index contributed by atoms with van der Waals surface area (Å²) in [6.45, 7) is 1.84. The van der Waals surface area contributed by atoms with Gasteiger partial charge in [0.25, 0.3) is 0 Å². The summed E-state index contributed by atoms with van der Waals surface area (Å²) in [4.78, 5) is 26.6. The van der Waals surface area contributed by atoms with Crippen LogP contribution < -0.4 is 5.32 Å². The van der Waals surface area contributed by atoms with Crippen LogP contribution in [0.25, 0.3) is 0 Å². The SMILES string of the molecule is CNC(=O)[C@@H](C)N(Cc1c(Cl)cccc1Cl)C(=O)CSCc1cccc(Cl)c1. The Morgan fingerprint density at radius 3 is 2.36 bits per heavy atom. The third-order valence-electron chi connectivity index (χ3n) is 4.19. The molecule has 4 nitrogen and oxygen atoms in total. The lowest BCUT2D eigenvalue weighted by molar-refractivity contribution is -0.138. The van der Waals surface area contributed by atoms with Gasteiger partial charge >= 0.3 is 0 Å². The molecule has 2 aromatic carbocycles. The van der Waals surface area contributed by atoms with Crippen LogP contribution in [-0.4, -0.2) is 35.6 Å². The Bertz CT molecular complexity index is 828. The molecule has 2 amide bonds. The fourth-order valence-electron chi connectivity index (χ4n) is 2.61. The largest absolute Gasteiger partial charge is 0.357 e. The summed E-state index contributed by atoms with van der Waals surface area (Å²) in [7, 11) is 1.54. The second kappa shape index (κ2) is 11.0. The summed E-state index contributed by atoms with van der Waals surface area (Å²) in [6, 6.07) is 12.0. The minimum absolute atomic E-state index is 0.156. The molecule has 8 heteroatoms. The molecule has 0 unspecified atom stereocenters. The van der Waals surface area contributed by atoms with Crippen LogP contribution >= 0.6 is 46.6 Å². The van der Waals surface area contributed by atoms with Gasteiger partial charge in [-0.25, -0.2) is 0 Å². The van der Waals surface area contributed by atoms with E-state index in [4.69, 9.17) is 34.8 Å². The molecule has 0 saturated carbocycles. The third kappa shape index (κ3) is 6.31. The Hall–Kier alpha value is -1.40. The highest BCUT2D eigenvalue weighted by molar-refractivity contribution is 7.99. The molecule has 28 heavy (non-hydrogen) atoms. The fourth-order valence-corrected chi connectivity index (χ4v) is 4.20. The monoisotopic (exact) mass is 458 g/mol. The third-order valence-corrected chi connectivity index (χ3v) is 6.12. The van der Waals surface area contributed by atoms with Gasteiger partial charge < -0.3 is 10.2 Å². The van der Waals surface area contributed by atoms with Crippen molar-refractivity contribution in [3.63, 3.8) is 0 Å². The number of carbonyl (C=O) groups excluding carboxylic acids is 2. The maximum atomic E-state index is 12.9. The predicted molar refractivity (Wildman–Crippen MR) is 118 cm³/mol. The number of halogens is 3. The zero-order valence-electron chi connectivity index (χ0n) is 15.5. The Morgan fingerprint density at radius 2 is 1.75 bits per heavy atom. The second-order valence-electron chi connectivity index (χ2n) is 6.13. The molecular weight excluding hydrogens is 439 g/mol. The smallest absolute Gasteiger partial charge is 0.242 e. The summed E-state index contributed by atoms with van der Waals surface area (Å²) >= 11 is 20.0. The van der Waals surface area contributed by atoms with Crippen LogP contribution in [0.15, 0.2) is 42.5 Å². The van der Waals surface area contributed by atoms with Gasteiger partial charge in [0.2, 0.25) is 11.8 Å². The molecule has 2 rings (SSSR count). The van der Waals surface area contributed by atoms with E-state index in [1.807, 2.05) is 18.2 Å². The van der Waals surface area contributed by atoms with Gasteiger partial charge in [0.05, 0.1) is 5.75 Å². The van der Waals surface area contributed by atoms with Crippen molar-refractivity contribution in [1.82, 2.24) is 10.2 Å². The number of hydrogen-bond acceptors (Lipinski definition) is 3. The maximum Gasteiger partial charge on any atom is 0.242 e. The number of hydrogen-bond donors (Lipinski definition) is 1. The molecule has 0 heterocycles. The van der Waals surface area contributed by atoms with Gasteiger partial charge in [-0.2, -0.15) is 0 Å². The summed E-state index contributed by atoms with van der Waals surface area (Å²) in [6.07, 6.45) is 0. The van der Waals surface area contributed by atoms with Gasteiger partial charge in [0.15, 0.2) is 0 Å². The first-order valence-corrected chi connectivity index (χ1v) is 10.9. The minimum atomic E-state index is -0.656. The van der Waals surface area contributed by atoms with E-state index in [2.05, 4.69) is 5.32 Å². The number of amides is 2. The molecule has 1 atom stereocenters. The molecule has 1 N–H and O–H groups in total. The molecule has 150 valence electrons. The van der Waals surface area contributed by atoms with Crippen LogP contribution in [0.5, 0.6) is 0 Å². The highest BCUT2D eigenvalue weighted by Gasteiger charge is 2.26. The molecule has 0 aliphatic carbocycles. The predicted octanol–water partition coefficient (Wildman–Crippen LogP) is 5.04. The average molecular weight is 460 g/mol. The van der Waals surface area contributed by atoms with Crippen molar-refractivity contribution in [3.8, 4) is 0 Å². The standard InChI is InChI=1S/C20H21Cl3N2O2S/c1-13(20(27)24-2)25(10-16-17(22)7-4-8-18(16)23)19(26)12-28-11-14-5-3-6-15(21)9-14/h3-9,13H,10-12H2,1-2H3,(H,24,27)/t13-/m1/s1. The van der Waals surface area contributed by atoms with E-state index in [9.17, 15) is 9.59 Å². The van der Waals surface area contributed by atoms with Crippen molar-refractivity contribution in [2.45, 2.75) is 25.3 Å². The summed E-state index contributed by atoms with van der Waals surface area (Å²) in [5, 5.41) is 4.16. The van der Waals surface area contributed by atoms with Crippen LogP contribution in [0.1, 0.15) is 18.1 Å². The zero-order chi connectivity index (χ0) is 20.7. The number of benzene rings is 2. The summed E-state index contributed by atoms with van der Waals surface area (Å²) < 4.78 is 0. The highest BCUT2D eigenvalue weighted by atomic mass is 35.5. The molecular formula is C20H21Cl3N2O2S. The van der Waals surface area contributed by atoms with E-state index in [1.54, 1.807) is 31.2 Å². The molecule has 2 aromatic rings. The topological polar surface area (TPSA) is 49.4 Å². The quantitative estimate of drug-likeness (QED) is 0.601. The highest BCUT2D eigenvalue weighted by Crippen LogP contribution is 2.27. The van der Waals surface area contributed by atoms with Crippen LogP contribution in [-0.2, 0) is 21.9 Å². The lowest BCUT2D eigenvalue weighted by atomic mass is 10.1. The van der Waals surface area contributed by atoms with Gasteiger partial charge in [-0.15, -0.1) is 11.8 Å². The summed E-state index contributed by atoms with van der Waals surface area (Å²) in [5.74, 6) is 0.438. The number of carbonyl (C=O) groups is 2. The van der Waals surface area contributed by atoms with Gasteiger partial charge in [-0.1, -0.05) is 53.0 Å². The average Bonchev–Trinajstić information content (AvgIpc) is 2.66. The first kappa shape index (κ1) is 22.9. The van der Waals surface area contributed by atoms with Gasteiger partial charge in [-0.05, 0) is 36.8 Å². The van der Waals surface area contributed by atoms with E-state index >= 15 is 0 Å². The number of nitrogens with one attached hydrogen (secondary N) is 1. The molecule has 0 aliphatic rings.